The van der Waals surface area contributed by atoms with Gasteiger partial charge in [-0.05, 0) is 30.7 Å². The summed E-state index contributed by atoms with van der Waals surface area (Å²) in [6.45, 7) is 1.73. The number of benzene rings is 1. The second-order valence-corrected chi connectivity index (χ2v) is 5.44. The summed E-state index contributed by atoms with van der Waals surface area (Å²) in [5.74, 6) is 0.0672. The highest BCUT2D eigenvalue weighted by atomic mass is 35.5. The van der Waals surface area contributed by atoms with Crippen molar-refractivity contribution in [1.29, 1.82) is 0 Å². The lowest BCUT2D eigenvalue weighted by Crippen LogP contribution is -2.14. The van der Waals surface area contributed by atoms with Crippen LogP contribution in [0.2, 0.25) is 5.02 Å². The fraction of sp³-hybridized carbons (Fsp3) is 0.111. The molecule has 0 unspecified atom stereocenters. The molecular weight excluding hydrogens is 264 g/mol. The van der Waals surface area contributed by atoms with Crippen LogP contribution in [0.15, 0.2) is 29.4 Å². The van der Waals surface area contributed by atoms with E-state index in [0.29, 0.717) is 10.6 Å². The van der Waals surface area contributed by atoms with Crippen LogP contribution in [0.5, 0.6) is 0 Å². The summed E-state index contributed by atoms with van der Waals surface area (Å²) in [6.07, 6.45) is 1.21. The maximum absolute atomic E-state index is 11.9. The van der Waals surface area contributed by atoms with Crippen LogP contribution in [-0.2, 0) is 10.0 Å². The molecule has 17 heavy (non-hydrogen) atoms. The van der Waals surface area contributed by atoms with Gasteiger partial charge >= 0.3 is 0 Å². The minimum Gasteiger partial charge on any atom is -0.248 e. The standard InChI is InChI=1S/C9H9ClN4O2S/c1-6-4-7(2-3-8(6)10)17(15,16)14-9-11-5-12-13-9/h2-5H,1H3,(H2,11,12,13,14). The van der Waals surface area contributed by atoms with Crippen LogP contribution in [0.4, 0.5) is 5.95 Å². The third-order valence-corrected chi connectivity index (χ3v) is 3.85. The first kappa shape index (κ1) is 11.9. The van der Waals surface area contributed by atoms with Crippen LogP contribution in [0.1, 0.15) is 5.56 Å². The molecular formula is C9H9ClN4O2S. The van der Waals surface area contributed by atoms with Crippen molar-refractivity contribution in [3.05, 3.63) is 35.1 Å². The predicted molar refractivity (Wildman–Crippen MR) is 63.4 cm³/mol. The molecule has 1 aromatic carbocycles. The second-order valence-electron chi connectivity index (χ2n) is 3.35. The Kier molecular flexibility index (Phi) is 3.03. The van der Waals surface area contributed by atoms with E-state index in [-0.39, 0.29) is 10.8 Å². The number of hydrogen-bond donors (Lipinski definition) is 2. The molecule has 0 spiro atoms. The Morgan fingerprint density at radius 3 is 2.76 bits per heavy atom. The predicted octanol–water partition coefficient (Wildman–Crippen LogP) is 1.57. The zero-order valence-electron chi connectivity index (χ0n) is 8.81. The number of anilines is 1. The second kappa shape index (κ2) is 4.34. The van der Waals surface area contributed by atoms with Gasteiger partial charge in [-0.2, -0.15) is 10.1 Å². The number of aromatic nitrogens is 3. The molecule has 0 saturated carbocycles. The molecule has 0 radical (unpaired) electrons. The van der Waals surface area contributed by atoms with Gasteiger partial charge in [0.25, 0.3) is 10.0 Å². The van der Waals surface area contributed by atoms with Gasteiger partial charge in [-0.15, -0.1) is 0 Å². The number of halogens is 1. The summed E-state index contributed by atoms with van der Waals surface area (Å²) < 4.78 is 26.1. The molecule has 0 fully saturated rings. The Bertz CT molecular complexity index is 624. The summed E-state index contributed by atoms with van der Waals surface area (Å²) in [4.78, 5) is 3.81. The monoisotopic (exact) mass is 272 g/mol. The van der Waals surface area contributed by atoms with E-state index in [1.54, 1.807) is 6.92 Å². The molecule has 0 aliphatic heterocycles. The van der Waals surface area contributed by atoms with Crippen LogP contribution < -0.4 is 4.72 Å². The fourth-order valence-corrected chi connectivity index (χ4v) is 2.39. The van der Waals surface area contributed by atoms with Gasteiger partial charge in [0.15, 0.2) is 0 Å². The lowest BCUT2D eigenvalue weighted by molar-refractivity contribution is 0.600. The van der Waals surface area contributed by atoms with E-state index >= 15 is 0 Å². The topological polar surface area (TPSA) is 87.7 Å². The largest absolute Gasteiger partial charge is 0.264 e. The van der Waals surface area contributed by atoms with E-state index in [2.05, 4.69) is 19.9 Å². The summed E-state index contributed by atoms with van der Waals surface area (Å²) in [6, 6.07) is 4.45. The molecule has 6 nitrogen and oxygen atoms in total. The van der Waals surface area contributed by atoms with Gasteiger partial charge in [-0.1, -0.05) is 11.6 Å². The number of aryl methyl sites for hydroxylation is 1. The highest BCUT2D eigenvalue weighted by molar-refractivity contribution is 7.92. The zero-order valence-corrected chi connectivity index (χ0v) is 10.4. The van der Waals surface area contributed by atoms with E-state index < -0.39 is 10.0 Å². The van der Waals surface area contributed by atoms with Crippen molar-refractivity contribution in [2.75, 3.05) is 4.72 Å². The van der Waals surface area contributed by atoms with Gasteiger partial charge in [-0.25, -0.2) is 18.2 Å². The van der Waals surface area contributed by atoms with Crippen molar-refractivity contribution in [3.8, 4) is 0 Å². The first-order valence-electron chi connectivity index (χ1n) is 4.63. The normalized spacial score (nSPS) is 11.4. The lowest BCUT2D eigenvalue weighted by atomic mass is 10.2. The Labute approximate surface area is 103 Å². The molecule has 90 valence electrons. The number of rotatable bonds is 3. The molecule has 1 aromatic heterocycles. The zero-order chi connectivity index (χ0) is 12.5. The summed E-state index contributed by atoms with van der Waals surface area (Å²) in [5.41, 5.74) is 0.687. The van der Waals surface area contributed by atoms with Crippen molar-refractivity contribution in [2.24, 2.45) is 0 Å². The Morgan fingerprint density at radius 2 is 2.18 bits per heavy atom. The van der Waals surface area contributed by atoms with Gasteiger partial charge in [-0.3, -0.25) is 0 Å². The highest BCUT2D eigenvalue weighted by Gasteiger charge is 2.16. The smallest absolute Gasteiger partial charge is 0.248 e. The maximum atomic E-state index is 11.9. The van der Waals surface area contributed by atoms with E-state index in [0.717, 1.165) is 0 Å². The number of sulfonamides is 1. The Hall–Kier alpha value is -1.60. The third-order valence-electron chi connectivity index (χ3n) is 2.09. The van der Waals surface area contributed by atoms with Crippen LogP contribution in [0.3, 0.4) is 0 Å². The van der Waals surface area contributed by atoms with E-state index in [9.17, 15) is 8.42 Å². The van der Waals surface area contributed by atoms with Gasteiger partial charge in [0, 0.05) is 5.02 Å². The Morgan fingerprint density at radius 1 is 1.41 bits per heavy atom. The van der Waals surface area contributed by atoms with Crippen LogP contribution >= 0.6 is 11.6 Å². The number of aromatic amines is 1. The molecule has 8 heteroatoms. The summed E-state index contributed by atoms with van der Waals surface area (Å²) >= 11 is 5.83. The number of nitrogens with zero attached hydrogens (tertiary/aromatic N) is 2. The molecule has 2 aromatic rings. The maximum Gasteiger partial charge on any atom is 0.264 e. The summed E-state index contributed by atoms with van der Waals surface area (Å²) in [7, 11) is -3.66. The van der Waals surface area contributed by atoms with Crippen molar-refractivity contribution in [2.45, 2.75) is 11.8 Å². The SMILES string of the molecule is Cc1cc(S(=O)(=O)Nc2ncn[nH]2)ccc1Cl. The highest BCUT2D eigenvalue weighted by Crippen LogP contribution is 2.20. The molecule has 2 N–H and O–H groups in total. The number of nitrogens with one attached hydrogen (secondary N) is 2. The average molecular weight is 273 g/mol. The van der Waals surface area contributed by atoms with Crippen LogP contribution in [0, 0.1) is 6.92 Å². The molecule has 0 atom stereocenters. The van der Waals surface area contributed by atoms with Gasteiger partial charge in [0.05, 0.1) is 4.90 Å². The van der Waals surface area contributed by atoms with Crippen molar-refractivity contribution in [1.82, 2.24) is 15.2 Å². The number of H-pyrrole nitrogens is 1. The molecule has 2 rings (SSSR count). The van der Waals surface area contributed by atoms with E-state index in [4.69, 9.17) is 11.6 Å². The van der Waals surface area contributed by atoms with Gasteiger partial charge < -0.3 is 0 Å². The lowest BCUT2D eigenvalue weighted by Gasteiger charge is -2.06. The molecule has 0 aliphatic carbocycles. The minimum absolute atomic E-state index is 0.0672. The van der Waals surface area contributed by atoms with Crippen molar-refractivity contribution in [3.63, 3.8) is 0 Å². The van der Waals surface area contributed by atoms with E-state index in [1.165, 1.54) is 24.5 Å². The quantitative estimate of drug-likeness (QED) is 0.888. The van der Waals surface area contributed by atoms with Crippen molar-refractivity contribution < 1.29 is 8.42 Å². The third kappa shape index (κ3) is 2.56. The van der Waals surface area contributed by atoms with Gasteiger partial charge in [0.2, 0.25) is 5.95 Å². The van der Waals surface area contributed by atoms with Crippen LogP contribution in [-0.4, -0.2) is 23.6 Å². The Balaban J connectivity index is 2.35. The van der Waals surface area contributed by atoms with E-state index in [1.807, 2.05) is 0 Å². The number of hydrogen-bond acceptors (Lipinski definition) is 4. The molecule has 0 amide bonds. The first-order chi connectivity index (χ1) is 7.99. The fourth-order valence-electron chi connectivity index (χ4n) is 1.23. The molecule has 0 aliphatic rings. The summed E-state index contributed by atoms with van der Waals surface area (Å²) in [5, 5.41) is 6.48. The minimum atomic E-state index is -3.66. The van der Waals surface area contributed by atoms with Crippen LogP contribution in [0.25, 0.3) is 0 Å². The molecule has 0 bridgehead atoms. The first-order valence-corrected chi connectivity index (χ1v) is 6.49. The average Bonchev–Trinajstić information content (AvgIpc) is 2.73. The molecule has 1 heterocycles. The van der Waals surface area contributed by atoms with Crippen molar-refractivity contribution >= 4 is 27.6 Å². The van der Waals surface area contributed by atoms with Gasteiger partial charge in [0.1, 0.15) is 6.33 Å². The molecule has 0 saturated heterocycles.